The van der Waals surface area contributed by atoms with Crippen LogP contribution in [0.3, 0.4) is 0 Å². The van der Waals surface area contributed by atoms with Crippen LogP contribution in [0, 0.1) is 0 Å². The van der Waals surface area contributed by atoms with Gasteiger partial charge in [0.05, 0.1) is 0 Å². The van der Waals surface area contributed by atoms with Crippen LogP contribution >= 0.6 is 0 Å². The number of aryl methyl sites for hydroxylation is 1. The van der Waals surface area contributed by atoms with Gasteiger partial charge in [0.2, 0.25) is 0 Å². The molecule has 0 amide bonds. The summed E-state index contributed by atoms with van der Waals surface area (Å²) in [5, 5.41) is 7.38. The van der Waals surface area contributed by atoms with E-state index in [1.807, 2.05) is 4.57 Å². The van der Waals surface area contributed by atoms with Crippen LogP contribution in [0.25, 0.3) is 0 Å². The standard InChI is InChI=1S/C6H11N3.C4H10/c1-2-3-4-9-5-7-8-6-9;1-3-4-2/h5-6H,2-4H2,1H3;3-4H2,1-2H3. The lowest BCUT2D eigenvalue weighted by Crippen LogP contribution is -1.92. The van der Waals surface area contributed by atoms with E-state index in [1.165, 1.54) is 25.7 Å². The Morgan fingerprint density at radius 3 is 1.85 bits per heavy atom. The fourth-order valence-corrected chi connectivity index (χ4v) is 0.678. The zero-order chi connectivity index (χ0) is 9.94. The van der Waals surface area contributed by atoms with Crippen molar-refractivity contribution in [2.75, 3.05) is 0 Å². The molecule has 0 spiro atoms. The molecule has 76 valence electrons. The Morgan fingerprint density at radius 1 is 0.923 bits per heavy atom. The molecule has 13 heavy (non-hydrogen) atoms. The minimum atomic E-state index is 1.05. The van der Waals surface area contributed by atoms with Crippen molar-refractivity contribution in [3.05, 3.63) is 12.7 Å². The summed E-state index contributed by atoms with van der Waals surface area (Å²) in [5.41, 5.74) is 0. The second kappa shape index (κ2) is 9.23. The van der Waals surface area contributed by atoms with Gasteiger partial charge in [0, 0.05) is 6.54 Å². The normalized spacial score (nSPS) is 9.15. The van der Waals surface area contributed by atoms with Crippen LogP contribution in [0.2, 0.25) is 0 Å². The fraction of sp³-hybridized carbons (Fsp3) is 0.800. The van der Waals surface area contributed by atoms with Gasteiger partial charge in [0.25, 0.3) is 0 Å². The van der Waals surface area contributed by atoms with E-state index in [4.69, 9.17) is 0 Å². The van der Waals surface area contributed by atoms with Gasteiger partial charge >= 0.3 is 0 Å². The Hall–Kier alpha value is -0.860. The predicted molar refractivity (Wildman–Crippen MR) is 55.5 cm³/mol. The number of hydrogen-bond donors (Lipinski definition) is 0. The molecule has 0 saturated carbocycles. The molecule has 0 aliphatic rings. The van der Waals surface area contributed by atoms with Crippen molar-refractivity contribution in [1.29, 1.82) is 0 Å². The molecule has 0 bridgehead atoms. The molecule has 0 radical (unpaired) electrons. The number of aromatic nitrogens is 3. The first-order valence-electron chi connectivity index (χ1n) is 5.17. The number of rotatable bonds is 4. The number of hydrogen-bond acceptors (Lipinski definition) is 2. The molecule has 0 aliphatic carbocycles. The summed E-state index contributed by atoms with van der Waals surface area (Å²) in [6, 6.07) is 0. The summed E-state index contributed by atoms with van der Waals surface area (Å²) in [7, 11) is 0. The van der Waals surface area contributed by atoms with E-state index < -0.39 is 0 Å². The lowest BCUT2D eigenvalue weighted by Gasteiger charge is -1.95. The fourth-order valence-electron chi connectivity index (χ4n) is 0.678. The first-order valence-corrected chi connectivity index (χ1v) is 5.17. The highest BCUT2D eigenvalue weighted by atomic mass is 15.2. The van der Waals surface area contributed by atoms with Crippen LogP contribution in [0.15, 0.2) is 12.7 Å². The van der Waals surface area contributed by atoms with Gasteiger partial charge in [-0.2, -0.15) is 0 Å². The van der Waals surface area contributed by atoms with Crippen molar-refractivity contribution >= 4 is 0 Å². The summed E-state index contributed by atoms with van der Waals surface area (Å²) in [6.45, 7) is 7.58. The summed E-state index contributed by atoms with van der Waals surface area (Å²) >= 11 is 0. The van der Waals surface area contributed by atoms with Crippen molar-refractivity contribution < 1.29 is 0 Å². The van der Waals surface area contributed by atoms with Crippen LogP contribution < -0.4 is 0 Å². The first-order chi connectivity index (χ1) is 6.35. The topological polar surface area (TPSA) is 30.7 Å². The van der Waals surface area contributed by atoms with Crippen LogP contribution in [0.1, 0.15) is 46.5 Å². The zero-order valence-corrected chi connectivity index (χ0v) is 9.03. The van der Waals surface area contributed by atoms with E-state index in [9.17, 15) is 0 Å². The van der Waals surface area contributed by atoms with Crippen LogP contribution in [-0.4, -0.2) is 14.8 Å². The number of unbranched alkanes of at least 4 members (excludes halogenated alkanes) is 2. The van der Waals surface area contributed by atoms with Crippen molar-refractivity contribution in [2.24, 2.45) is 0 Å². The zero-order valence-electron chi connectivity index (χ0n) is 9.03. The largest absolute Gasteiger partial charge is 0.320 e. The van der Waals surface area contributed by atoms with Crippen molar-refractivity contribution in [3.8, 4) is 0 Å². The Balaban J connectivity index is 0.000000310. The van der Waals surface area contributed by atoms with E-state index in [1.54, 1.807) is 12.7 Å². The van der Waals surface area contributed by atoms with Crippen molar-refractivity contribution in [1.82, 2.24) is 14.8 Å². The highest BCUT2D eigenvalue weighted by Crippen LogP contribution is 1.90. The average molecular weight is 183 g/mol. The molecule has 1 rings (SSSR count). The molecule has 0 aromatic carbocycles. The molecule has 3 nitrogen and oxygen atoms in total. The summed E-state index contributed by atoms with van der Waals surface area (Å²) < 4.78 is 1.99. The average Bonchev–Trinajstić information content (AvgIpc) is 2.67. The maximum atomic E-state index is 3.69. The molecular formula is C10H21N3. The monoisotopic (exact) mass is 183 g/mol. The Labute approximate surface area is 81.2 Å². The molecule has 3 heteroatoms. The quantitative estimate of drug-likeness (QED) is 0.718. The van der Waals surface area contributed by atoms with E-state index in [2.05, 4.69) is 31.0 Å². The smallest absolute Gasteiger partial charge is 0.119 e. The van der Waals surface area contributed by atoms with Crippen LogP contribution in [0.4, 0.5) is 0 Å². The van der Waals surface area contributed by atoms with Crippen molar-refractivity contribution in [2.45, 2.75) is 53.0 Å². The maximum absolute atomic E-state index is 3.69. The molecule has 0 fully saturated rings. The third kappa shape index (κ3) is 7.50. The van der Waals surface area contributed by atoms with Gasteiger partial charge in [-0.05, 0) is 6.42 Å². The van der Waals surface area contributed by atoms with Gasteiger partial charge in [-0.15, -0.1) is 10.2 Å². The van der Waals surface area contributed by atoms with Gasteiger partial charge in [-0.3, -0.25) is 0 Å². The third-order valence-electron chi connectivity index (χ3n) is 1.74. The maximum Gasteiger partial charge on any atom is 0.119 e. The SMILES string of the molecule is CCCC.CCCCn1cnnc1. The van der Waals surface area contributed by atoms with Gasteiger partial charge in [0.1, 0.15) is 12.7 Å². The Bertz CT molecular complexity index is 168. The van der Waals surface area contributed by atoms with E-state index in [0.29, 0.717) is 0 Å². The lowest BCUT2D eigenvalue weighted by atomic mass is 10.3. The molecule has 0 aliphatic heterocycles. The molecule has 1 aromatic rings. The van der Waals surface area contributed by atoms with Crippen LogP contribution in [-0.2, 0) is 6.54 Å². The summed E-state index contributed by atoms with van der Waals surface area (Å²) in [4.78, 5) is 0. The Kier molecular flexibility index (Phi) is 8.62. The lowest BCUT2D eigenvalue weighted by molar-refractivity contribution is 0.630. The summed E-state index contributed by atoms with van der Waals surface area (Å²) in [5.74, 6) is 0. The molecular weight excluding hydrogens is 162 g/mol. The minimum Gasteiger partial charge on any atom is -0.320 e. The molecule has 0 atom stereocenters. The predicted octanol–water partition coefficient (Wildman–Crippen LogP) is 2.88. The second-order valence-corrected chi connectivity index (χ2v) is 3.05. The van der Waals surface area contributed by atoms with Crippen LogP contribution in [0.5, 0.6) is 0 Å². The molecule has 1 heterocycles. The second-order valence-electron chi connectivity index (χ2n) is 3.05. The molecule has 1 aromatic heterocycles. The van der Waals surface area contributed by atoms with Crippen molar-refractivity contribution in [3.63, 3.8) is 0 Å². The van der Waals surface area contributed by atoms with Gasteiger partial charge in [-0.1, -0.05) is 40.0 Å². The van der Waals surface area contributed by atoms with E-state index in [0.717, 1.165) is 6.54 Å². The van der Waals surface area contributed by atoms with Gasteiger partial charge in [-0.25, -0.2) is 0 Å². The molecule has 0 saturated heterocycles. The summed E-state index contributed by atoms with van der Waals surface area (Å²) in [6.07, 6.45) is 8.56. The highest BCUT2D eigenvalue weighted by Gasteiger charge is 1.86. The van der Waals surface area contributed by atoms with E-state index in [-0.39, 0.29) is 0 Å². The first kappa shape index (κ1) is 12.1. The highest BCUT2D eigenvalue weighted by molar-refractivity contribution is 4.58. The number of nitrogens with zero attached hydrogens (tertiary/aromatic N) is 3. The van der Waals surface area contributed by atoms with Gasteiger partial charge < -0.3 is 4.57 Å². The molecule has 0 unspecified atom stereocenters. The molecule has 0 N–H and O–H groups in total. The Morgan fingerprint density at radius 2 is 1.46 bits per heavy atom. The van der Waals surface area contributed by atoms with Gasteiger partial charge in [0.15, 0.2) is 0 Å². The van der Waals surface area contributed by atoms with E-state index >= 15 is 0 Å². The third-order valence-corrected chi connectivity index (χ3v) is 1.74. The minimum absolute atomic E-state index is 1.05.